The monoisotopic (exact) mass is 536 g/mol. The first-order valence-corrected chi connectivity index (χ1v) is 12.9. The lowest BCUT2D eigenvalue weighted by Gasteiger charge is -2.28. The molecule has 2 aromatic rings. The number of hydrogen-bond donors (Lipinski definition) is 7. The third kappa shape index (κ3) is 5.70. The van der Waals surface area contributed by atoms with Gasteiger partial charge in [-0.15, -0.1) is 0 Å². The van der Waals surface area contributed by atoms with Crippen molar-refractivity contribution in [3.63, 3.8) is 0 Å². The number of nitrogens with one attached hydrogen (secondary N) is 1. The van der Waals surface area contributed by atoms with Crippen molar-refractivity contribution in [2.45, 2.75) is 31.1 Å². The third-order valence-electron chi connectivity index (χ3n) is 5.14. The molecular weight excluding hydrogens is 514 g/mol. The molecule has 192 valence electrons. The van der Waals surface area contributed by atoms with E-state index < -0.39 is 52.4 Å². The molecule has 4 rings (SSSR count). The SMILES string of the molecule is Nc1nc2c(c(=O)[nH]1)N(Cc1ccccn1)CN2[C@@H]1O[C@H](COP(=O)(O)OP(=O)(O)O)[C@@H](O)[C@H]1O. The number of aromatic nitrogens is 3. The number of anilines is 3. The Morgan fingerprint density at radius 3 is 2.63 bits per heavy atom. The number of nitrogens with zero attached hydrogens (tertiary/aromatic N) is 4. The highest BCUT2D eigenvalue weighted by atomic mass is 31.3. The summed E-state index contributed by atoms with van der Waals surface area (Å²) < 4.78 is 36.3. The molecule has 1 saturated heterocycles. The summed E-state index contributed by atoms with van der Waals surface area (Å²) in [6.45, 7) is -0.719. The summed E-state index contributed by atoms with van der Waals surface area (Å²) in [5.74, 6) is -0.153. The van der Waals surface area contributed by atoms with Gasteiger partial charge in [-0.25, -0.2) is 9.13 Å². The van der Waals surface area contributed by atoms with Gasteiger partial charge in [-0.2, -0.15) is 9.29 Å². The van der Waals surface area contributed by atoms with E-state index in [1.54, 1.807) is 29.3 Å². The molecule has 2 aromatic heterocycles. The van der Waals surface area contributed by atoms with Crippen molar-refractivity contribution < 1.29 is 47.6 Å². The van der Waals surface area contributed by atoms with Crippen LogP contribution >= 0.6 is 15.6 Å². The molecule has 5 atom stereocenters. The first kappa shape index (κ1) is 25.7. The summed E-state index contributed by atoms with van der Waals surface area (Å²) in [6.07, 6.45) is -4.39. The van der Waals surface area contributed by atoms with Gasteiger partial charge in [-0.3, -0.25) is 19.3 Å². The maximum Gasteiger partial charge on any atom is 0.481 e. The topological polar surface area (TPSA) is 254 Å². The second-order valence-electron chi connectivity index (χ2n) is 7.64. The molecule has 0 bridgehead atoms. The summed E-state index contributed by atoms with van der Waals surface area (Å²) in [7, 11) is -10.6. The number of pyridine rings is 1. The summed E-state index contributed by atoms with van der Waals surface area (Å²) in [6, 6.07) is 5.24. The lowest BCUT2D eigenvalue weighted by atomic mass is 10.1. The van der Waals surface area contributed by atoms with Gasteiger partial charge < -0.3 is 45.2 Å². The molecule has 1 unspecified atom stereocenters. The van der Waals surface area contributed by atoms with Crippen molar-refractivity contribution in [2.24, 2.45) is 0 Å². The molecule has 17 nitrogen and oxygen atoms in total. The Hall–Kier alpha value is -2.43. The van der Waals surface area contributed by atoms with Crippen molar-refractivity contribution in [1.29, 1.82) is 0 Å². The van der Waals surface area contributed by atoms with Crippen LogP contribution < -0.4 is 21.1 Å². The largest absolute Gasteiger partial charge is 0.481 e. The van der Waals surface area contributed by atoms with Crippen LogP contribution in [-0.4, -0.2) is 77.7 Å². The molecule has 0 aliphatic carbocycles. The molecule has 0 radical (unpaired) electrons. The molecule has 2 aliphatic heterocycles. The summed E-state index contributed by atoms with van der Waals surface area (Å²) in [4.78, 5) is 53.2. The van der Waals surface area contributed by atoms with E-state index in [-0.39, 0.29) is 30.7 Å². The standard InChI is InChI=1S/C16H22N6O11P2/c17-16-19-13-10(14(25)20-16)21(5-8-3-1-2-4-18-8)7-22(13)15-12(24)11(23)9(32-15)6-31-35(29,30)33-34(26,27)28/h1-4,9,11-12,15,23-24H,5-7H2,(H,29,30)(H2,26,27,28)(H3,17,19,20,25)/t9-,11-,12-,15-/m1/s1. The maximum absolute atomic E-state index is 12.7. The van der Waals surface area contributed by atoms with Crippen LogP contribution in [0, 0.1) is 0 Å². The van der Waals surface area contributed by atoms with Crippen molar-refractivity contribution >= 4 is 33.1 Å². The molecule has 4 heterocycles. The quantitative estimate of drug-likeness (QED) is 0.184. The number of aromatic amines is 1. The number of phosphoric ester groups is 1. The molecule has 0 aromatic carbocycles. The van der Waals surface area contributed by atoms with Crippen LogP contribution in [0.3, 0.4) is 0 Å². The number of phosphoric acid groups is 2. The van der Waals surface area contributed by atoms with Crippen molar-refractivity contribution in [3.8, 4) is 0 Å². The van der Waals surface area contributed by atoms with Crippen LogP contribution in [-0.2, 0) is 29.2 Å². The van der Waals surface area contributed by atoms with E-state index in [0.29, 0.717) is 5.69 Å². The van der Waals surface area contributed by atoms with Gasteiger partial charge in [-0.05, 0) is 12.1 Å². The minimum absolute atomic E-state index is 0.0344. The van der Waals surface area contributed by atoms with E-state index in [1.807, 2.05) is 0 Å². The van der Waals surface area contributed by atoms with Crippen molar-refractivity contribution in [2.75, 3.05) is 28.8 Å². The van der Waals surface area contributed by atoms with Crippen LogP contribution in [0.15, 0.2) is 29.2 Å². The number of nitrogen functional groups attached to an aromatic ring is 1. The molecule has 2 aliphatic rings. The Kier molecular flexibility index (Phi) is 7.00. The molecule has 35 heavy (non-hydrogen) atoms. The second-order valence-corrected chi connectivity index (χ2v) is 10.5. The van der Waals surface area contributed by atoms with Crippen LogP contribution in [0.25, 0.3) is 0 Å². The number of fused-ring (bicyclic) bond motifs is 1. The van der Waals surface area contributed by atoms with E-state index >= 15 is 0 Å². The number of aliphatic hydroxyl groups excluding tert-OH is 2. The van der Waals surface area contributed by atoms with Crippen LogP contribution in [0.4, 0.5) is 17.5 Å². The first-order chi connectivity index (χ1) is 16.3. The van der Waals surface area contributed by atoms with Gasteiger partial charge >= 0.3 is 15.6 Å². The number of ether oxygens (including phenoxy) is 1. The lowest BCUT2D eigenvalue weighted by molar-refractivity contribution is -0.0217. The third-order valence-corrected chi connectivity index (χ3v) is 7.29. The first-order valence-electron chi connectivity index (χ1n) is 9.92. The highest BCUT2D eigenvalue weighted by Crippen LogP contribution is 2.57. The zero-order valence-electron chi connectivity index (χ0n) is 17.7. The van der Waals surface area contributed by atoms with E-state index in [4.69, 9.17) is 20.3 Å². The highest BCUT2D eigenvalue weighted by molar-refractivity contribution is 7.60. The normalized spacial score (nSPS) is 26.1. The van der Waals surface area contributed by atoms with Gasteiger partial charge in [0.05, 0.1) is 25.5 Å². The molecule has 19 heteroatoms. The van der Waals surface area contributed by atoms with Gasteiger partial charge in [0.2, 0.25) is 5.95 Å². The Labute approximate surface area is 196 Å². The number of hydrogen-bond acceptors (Lipinski definition) is 13. The summed E-state index contributed by atoms with van der Waals surface area (Å²) in [5, 5.41) is 21.0. The Bertz CT molecular complexity index is 1230. The lowest BCUT2D eigenvalue weighted by Crippen LogP contribution is -2.46. The van der Waals surface area contributed by atoms with E-state index in [2.05, 4.69) is 23.8 Å². The molecule has 0 saturated carbocycles. The van der Waals surface area contributed by atoms with Crippen molar-refractivity contribution in [1.82, 2.24) is 15.0 Å². The Morgan fingerprint density at radius 2 is 1.97 bits per heavy atom. The number of aliphatic hydroxyl groups is 2. The van der Waals surface area contributed by atoms with E-state index in [1.165, 1.54) is 4.90 Å². The zero-order chi connectivity index (χ0) is 25.5. The fourth-order valence-electron chi connectivity index (χ4n) is 3.75. The fraction of sp³-hybridized carbons (Fsp3) is 0.438. The Morgan fingerprint density at radius 1 is 1.23 bits per heavy atom. The van der Waals surface area contributed by atoms with Gasteiger partial charge in [0.25, 0.3) is 5.56 Å². The average Bonchev–Trinajstić information content (AvgIpc) is 3.23. The second kappa shape index (κ2) is 9.55. The van der Waals surface area contributed by atoms with Gasteiger partial charge in [-0.1, -0.05) is 6.07 Å². The van der Waals surface area contributed by atoms with Crippen LogP contribution in [0.5, 0.6) is 0 Å². The van der Waals surface area contributed by atoms with E-state index in [9.17, 15) is 29.0 Å². The molecule has 0 amide bonds. The molecule has 8 N–H and O–H groups in total. The van der Waals surface area contributed by atoms with Gasteiger partial charge in [0, 0.05) is 6.20 Å². The fourth-order valence-corrected chi connectivity index (χ4v) is 5.35. The number of rotatable bonds is 8. The van der Waals surface area contributed by atoms with Crippen LogP contribution in [0.2, 0.25) is 0 Å². The number of H-pyrrole nitrogens is 1. The van der Waals surface area contributed by atoms with Crippen LogP contribution in [0.1, 0.15) is 5.69 Å². The molecule has 1 fully saturated rings. The average molecular weight is 536 g/mol. The van der Waals surface area contributed by atoms with Gasteiger partial charge in [0.15, 0.2) is 12.0 Å². The highest BCUT2D eigenvalue weighted by Gasteiger charge is 2.50. The molecule has 0 spiro atoms. The predicted molar refractivity (Wildman–Crippen MR) is 117 cm³/mol. The maximum atomic E-state index is 12.7. The Balaban J connectivity index is 1.55. The minimum Gasteiger partial charge on any atom is -0.387 e. The number of nitrogens with two attached hydrogens (primary N) is 1. The van der Waals surface area contributed by atoms with Crippen molar-refractivity contribution in [3.05, 3.63) is 40.4 Å². The summed E-state index contributed by atoms with van der Waals surface area (Å²) >= 11 is 0. The van der Waals surface area contributed by atoms with E-state index in [0.717, 1.165) is 0 Å². The minimum atomic E-state index is -5.35. The van der Waals surface area contributed by atoms with Gasteiger partial charge in [0.1, 0.15) is 24.0 Å². The zero-order valence-corrected chi connectivity index (χ0v) is 19.5. The smallest absolute Gasteiger partial charge is 0.387 e. The molecular formula is C16H22N6O11P2. The summed E-state index contributed by atoms with van der Waals surface area (Å²) in [5.41, 5.74) is 5.87. The predicted octanol–water partition coefficient (Wildman–Crippen LogP) is -1.80.